The number of rotatable bonds is 9. The Bertz CT molecular complexity index is 210. The average Bonchev–Trinajstić information content (AvgIpc) is 2.30. The highest BCUT2D eigenvalue weighted by Gasteiger charge is 2.50. The van der Waals surface area contributed by atoms with Crippen molar-refractivity contribution in [2.24, 2.45) is 0 Å². The smallest absolute Gasteiger partial charge is 0.373 e. The van der Waals surface area contributed by atoms with Gasteiger partial charge in [0.15, 0.2) is 0 Å². The maximum absolute atomic E-state index is 5.88. The van der Waals surface area contributed by atoms with Gasteiger partial charge in [0.2, 0.25) is 0 Å². The van der Waals surface area contributed by atoms with Crippen LogP contribution in [-0.4, -0.2) is 39.1 Å². The van der Waals surface area contributed by atoms with Crippen LogP contribution in [-0.2, 0) is 13.3 Å². The molecule has 1 unspecified atom stereocenters. The second kappa shape index (κ2) is 9.46. The van der Waals surface area contributed by atoms with E-state index in [-0.39, 0.29) is 5.54 Å². The summed E-state index contributed by atoms with van der Waals surface area (Å²) in [5.74, 6) is 0. The summed E-state index contributed by atoms with van der Waals surface area (Å²) in [6.45, 7) is 9.79. The summed E-state index contributed by atoms with van der Waals surface area (Å²) in [6, 6.07) is 0. The van der Waals surface area contributed by atoms with E-state index in [2.05, 4.69) is 6.92 Å². The minimum Gasteiger partial charge on any atom is -0.373 e. The predicted octanol–water partition coefficient (Wildman–Crippen LogP) is 3.51. The van der Waals surface area contributed by atoms with Crippen LogP contribution >= 0.6 is 24.0 Å². The van der Waals surface area contributed by atoms with Gasteiger partial charge in [-0.3, -0.25) is 0 Å². The Kier molecular flexibility index (Phi) is 9.76. The molecule has 6 heteroatoms. The van der Waals surface area contributed by atoms with Gasteiger partial charge in [0.25, 0.3) is 0 Å². The van der Waals surface area contributed by atoms with Crippen LogP contribution in [0.25, 0.3) is 0 Å². The minimum absolute atomic E-state index is 0.104. The Balaban J connectivity index is 5.10. The molecule has 0 aliphatic carbocycles. The fourth-order valence-electron chi connectivity index (χ4n) is 1.73. The molecule has 0 aliphatic rings. The quantitative estimate of drug-likeness (QED) is 0.479. The van der Waals surface area contributed by atoms with Gasteiger partial charge in [-0.05, 0) is 33.4 Å². The Hall–Kier alpha value is 0.537. The standard InChI is InChI=1S/C11H24O3S2Si/c1-6-10(11(15)16-5)17(12-7-2,13-8-3)14-9-4/h10H,6-9H2,1-5H3. The van der Waals surface area contributed by atoms with Gasteiger partial charge in [0.1, 0.15) is 0 Å². The molecule has 102 valence electrons. The second-order valence-electron chi connectivity index (χ2n) is 3.39. The molecule has 0 heterocycles. The molecule has 0 spiro atoms. The maximum Gasteiger partial charge on any atom is 0.510 e. The number of thiocarbonyl (C=S) groups is 1. The molecule has 0 radical (unpaired) electrons. The van der Waals surface area contributed by atoms with E-state index in [1.807, 2.05) is 27.0 Å². The number of hydrogen-bond acceptors (Lipinski definition) is 5. The summed E-state index contributed by atoms with van der Waals surface area (Å²) in [4.78, 5) is 0. The third kappa shape index (κ3) is 4.96. The molecule has 0 saturated carbocycles. The topological polar surface area (TPSA) is 27.7 Å². The van der Waals surface area contributed by atoms with Gasteiger partial charge in [-0.1, -0.05) is 19.1 Å². The van der Waals surface area contributed by atoms with Crippen LogP contribution in [0.5, 0.6) is 0 Å². The van der Waals surface area contributed by atoms with E-state index in [4.69, 9.17) is 25.5 Å². The molecule has 0 bridgehead atoms. The molecule has 0 amide bonds. The van der Waals surface area contributed by atoms with Crippen molar-refractivity contribution < 1.29 is 13.3 Å². The normalized spacial score (nSPS) is 13.7. The van der Waals surface area contributed by atoms with Crippen molar-refractivity contribution in [3.63, 3.8) is 0 Å². The van der Waals surface area contributed by atoms with Crippen molar-refractivity contribution in [1.29, 1.82) is 0 Å². The van der Waals surface area contributed by atoms with E-state index in [1.54, 1.807) is 11.8 Å². The van der Waals surface area contributed by atoms with E-state index in [0.29, 0.717) is 19.8 Å². The Morgan fingerprint density at radius 2 is 1.47 bits per heavy atom. The lowest BCUT2D eigenvalue weighted by molar-refractivity contribution is 0.0670. The Labute approximate surface area is 116 Å². The highest BCUT2D eigenvalue weighted by molar-refractivity contribution is 8.23. The summed E-state index contributed by atoms with van der Waals surface area (Å²) in [6.07, 6.45) is 2.89. The summed E-state index contributed by atoms with van der Waals surface area (Å²) >= 11 is 7.01. The molecule has 17 heavy (non-hydrogen) atoms. The largest absolute Gasteiger partial charge is 0.510 e. The van der Waals surface area contributed by atoms with Crippen molar-refractivity contribution in [3.05, 3.63) is 0 Å². The molecule has 3 nitrogen and oxygen atoms in total. The molecule has 1 atom stereocenters. The highest BCUT2D eigenvalue weighted by Crippen LogP contribution is 2.34. The number of thioether (sulfide) groups is 1. The van der Waals surface area contributed by atoms with Crippen molar-refractivity contribution in [2.45, 2.75) is 39.7 Å². The van der Waals surface area contributed by atoms with Gasteiger partial charge in [0.05, 0.1) is 9.74 Å². The average molecular weight is 297 g/mol. The molecular formula is C11H24O3S2Si. The summed E-state index contributed by atoms with van der Waals surface area (Å²) in [5, 5.41) is 0. The molecule has 0 N–H and O–H groups in total. The lowest BCUT2D eigenvalue weighted by Gasteiger charge is -2.34. The summed E-state index contributed by atoms with van der Waals surface area (Å²) < 4.78 is 18.6. The van der Waals surface area contributed by atoms with Gasteiger partial charge in [0, 0.05) is 19.8 Å². The fraction of sp³-hybridized carbons (Fsp3) is 0.909. The molecule has 0 aromatic heterocycles. The van der Waals surface area contributed by atoms with Crippen LogP contribution in [0.2, 0.25) is 5.54 Å². The molecular weight excluding hydrogens is 272 g/mol. The second-order valence-corrected chi connectivity index (χ2v) is 7.70. The lowest BCUT2D eigenvalue weighted by atomic mass is 10.4. The molecule has 0 rings (SSSR count). The first-order valence-electron chi connectivity index (χ1n) is 6.11. The van der Waals surface area contributed by atoms with Gasteiger partial charge < -0.3 is 13.3 Å². The minimum atomic E-state index is -2.67. The molecule has 0 fully saturated rings. The van der Waals surface area contributed by atoms with Crippen molar-refractivity contribution in [2.75, 3.05) is 26.1 Å². The van der Waals surface area contributed by atoms with E-state index in [1.165, 1.54) is 0 Å². The van der Waals surface area contributed by atoms with Crippen molar-refractivity contribution in [3.8, 4) is 0 Å². The first-order chi connectivity index (χ1) is 8.11. The van der Waals surface area contributed by atoms with Crippen LogP contribution < -0.4 is 0 Å². The first kappa shape index (κ1) is 17.5. The van der Waals surface area contributed by atoms with Crippen molar-refractivity contribution in [1.82, 2.24) is 0 Å². The van der Waals surface area contributed by atoms with Gasteiger partial charge in [-0.25, -0.2) is 0 Å². The zero-order chi connectivity index (χ0) is 13.3. The van der Waals surface area contributed by atoms with E-state index < -0.39 is 8.80 Å². The molecule has 0 saturated heterocycles. The summed E-state index contributed by atoms with van der Waals surface area (Å²) in [5.41, 5.74) is 0.104. The van der Waals surface area contributed by atoms with E-state index in [0.717, 1.165) is 10.6 Å². The van der Waals surface area contributed by atoms with E-state index in [9.17, 15) is 0 Å². The van der Waals surface area contributed by atoms with Gasteiger partial charge >= 0.3 is 8.80 Å². The predicted molar refractivity (Wildman–Crippen MR) is 80.8 cm³/mol. The maximum atomic E-state index is 5.88. The zero-order valence-corrected chi connectivity index (χ0v) is 14.1. The Morgan fingerprint density at radius 3 is 1.71 bits per heavy atom. The Morgan fingerprint density at radius 1 is 1.06 bits per heavy atom. The van der Waals surface area contributed by atoms with Crippen LogP contribution in [0.1, 0.15) is 34.1 Å². The van der Waals surface area contributed by atoms with Crippen molar-refractivity contribution >= 4 is 37.0 Å². The van der Waals surface area contributed by atoms with Crippen LogP contribution in [0.3, 0.4) is 0 Å². The van der Waals surface area contributed by atoms with Gasteiger partial charge in [-0.15, -0.1) is 11.8 Å². The van der Waals surface area contributed by atoms with E-state index >= 15 is 0 Å². The molecule has 0 aromatic rings. The SMILES string of the molecule is CCO[Si](OCC)(OCC)C(CC)C(=S)SC. The molecule has 0 aromatic carbocycles. The third-order valence-electron chi connectivity index (χ3n) is 2.36. The summed E-state index contributed by atoms with van der Waals surface area (Å²) in [7, 11) is -2.67. The lowest BCUT2D eigenvalue weighted by Crippen LogP contribution is -2.52. The number of hydrogen-bond donors (Lipinski definition) is 0. The van der Waals surface area contributed by atoms with Crippen LogP contribution in [0.4, 0.5) is 0 Å². The van der Waals surface area contributed by atoms with Crippen LogP contribution in [0.15, 0.2) is 0 Å². The van der Waals surface area contributed by atoms with Crippen LogP contribution in [0, 0.1) is 0 Å². The monoisotopic (exact) mass is 296 g/mol. The zero-order valence-electron chi connectivity index (χ0n) is 11.4. The van der Waals surface area contributed by atoms with Gasteiger partial charge in [-0.2, -0.15) is 0 Å². The highest BCUT2D eigenvalue weighted by atomic mass is 32.2. The molecule has 0 aliphatic heterocycles. The first-order valence-corrected chi connectivity index (χ1v) is 9.54. The third-order valence-corrected chi connectivity index (χ3v) is 7.87. The fourth-order valence-corrected chi connectivity index (χ4v) is 6.42.